The zero-order chi connectivity index (χ0) is 18.2. The Morgan fingerprint density at radius 3 is 2.64 bits per heavy atom. The second kappa shape index (κ2) is 9.21. The van der Waals surface area contributed by atoms with Gasteiger partial charge in [-0.15, -0.1) is 0 Å². The average molecular weight is 367 g/mol. The summed E-state index contributed by atoms with van der Waals surface area (Å²) >= 11 is 1.24. The Labute approximate surface area is 149 Å². The van der Waals surface area contributed by atoms with Crippen molar-refractivity contribution in [3.63, 3.8) is 0 Å². The highest BCUT2D eigenvalue weighted by Crippen LogP contribution is 2.25. The fourth-order valence-electron chi connectivity index (χ4n) is 1.91. The van der Waals surface area contributed by atoms with E-state index < -0.39 is 0 Å². The van der Waals surface area contributed by atoms with E-state index >= 15 is 0 Å². The van der Waals surface area contributed by atoms with Crippen molar-refractivity contribution in [1.29, 1.82) is 0 Å². The molecule has 0 saturated heterocycles. The lowest BCUT2D eigenvalue weighted by Crippen LogP contribution is -2.24. The SMILES string of the molecule is CCCC(=O)OCSc1nc(N(C)OC(=O)CCC)nc2nc[nH]c12. The molecular formula is C15H21N5O4S. The molecule has 25 heavy (non-hydrogen) atoms. The van der Waals surface area contributed by atoms with Crippen LogP contribution in [0.15, 0.2) is 11.4 Å². The summed E-state index contributed by atoms with van der Waals surface area (Å²) in [6, 6.07) is 0. The molecule has 10 heteroatoms. The number of carbonyl (C=O) groups excluding carboxylic acids is 2. The first-order chi connectivity index (χ1) is 12.0. The number of nitrogens with one attached hydrogen (secondary N) is 1. The lowest BCUT2D eigenvalue weighted by atomic mass is 10.3. The van der Waals surface area contributed by atoms with Crippen LogP contribution in [-0.2, 0) is 19.2 Å². The topological polar surface area (TPSA) is 110 Å². The summed E-state index contributed by atoms with van der Waals surface area (Å²) in [7, 11) is 1.55. The minimum Gasteiger partial charge on any atom is -0.454 e. The largest absolute Gasteiger partial charge is 0.454 e. The summed E-state index contributed by atoms with van der Waals surface area (Å²) in [5, 5.41) is 1.76. The fourth-order valence-corrected chi connectivity index (χ4v) is 2.65. The molecule has 0 radical (unpaired) electrons. The van der Waals surface area contributed by atoms with Crippen molar-refractivity contribution in [1.82, 2.24) is 19.9 Å². The summed E-state index contributed by atoms with van der Waals surface area (Å²) in [6.07, 6.45) is 3.62. The molecule has 2 rings (SSSR count). The van der Waals surface area contributed by atoms with Crippen LogP contribution in [0.3, 0.4) is 0 Å². The molecule has 0 unspecified atom stereocenters. The summed E-state index contributed by atoms with van der Waals surface area (Å²) < 4.78 is 5.14. The number of anilines is 1. The maximum Gasteiger partial charge on any atom is 0.332 e. The summed E-state index contributed by atoms with van der Waals surface area (Å²) in [6.45, 7) is 3.80. The van der Waals surface area contributed by atoms with E-state index in [0.29, 0.717) is 35.5 Å². The van der Waals surface area contributed by atoms with E-state index in [0.717, 1.165) is 6.42 Å². The first kappa shape index (κ1) is 19.0. The van der Waals surface area contributed by atoms with E-state index in [2.05, 4.69) is 19.9 Å². The van der Waals surface area contributed by atoms with Gasteiger partial charge in [0.05, 0.1) is 6.33 Å². The monoisotopic (exact) mass is 367 g/mol. The molecule has 9 nitrogen and oxygen atoms in total. The summed E-state index contributed by atoms with van der Waals surface area (Å²) in [5.41, 5.74) is 1.07. The number of aromatic amines is 1. The number of nitrogens with zero attached hydrogens (tertiary/aromatic N) is 4. The van der Waals surface area contributed by atoms with Gasteiger partial charge in [0.1, 0.15) is 16.5 Å². The van der Waals surface area contributed by atoms with Crippen LogP contribution in [-0.4, -0.2) is 44.9 Å². The molecule has 0 bridgehead atoms. The van der Waals surface area contributed by atoms with Gasteiger partial charge in [0.2, 0.25) is 0 Å². The molecule has 0 aliphatic rings. The molecule has 2 heterocycles. The van der Waals surface area contributed by atoms with Gasteiger partial charge in [0, 0.05) is 19.9 Å². The number of thioether (sulfide) groups is 1. The second-order valence-corrected chi connectivity index (χ2v) is 6.08. The van der Waals surface area contributed by atoms with Crippen LogP contribution in [0.4, 0.5) is 5.95 Å². The number of rotatable bonds is 9. The van der Waals surface area contributed by atoms with Gasteiger partial charge in [-0.05, 0) is 12.8 Å². The first-order valence-corrected chi connectivity index (χ1v) is 8.97. The molecule has 0 aliphatic heterocycles. The van der Waals surface area contributed by atoms with Gasteiger partial charge >= 0.3 is 11.9 Å². The maximum absolute atomic E-state index is 11.6. The molecule has 0 aromatic carbocycles. The van der Waals surface area contributed by atoms with Crippen molar-refractivity contribution in [2.24, 2.45) is 0 Å². The van der Waals surface area contributed by atoms with Gasteiger partial charge in [-0.1, -0.05) is 25.6 Å². The number of hydrogen-bond donors (Lipinski definition) is 1. The number of H-pyrrole nitrogens is 1. The normalized spacial score (nSPS) is 10.7. The molecule has 0 saturated carbocycles. The second-order valence-electron chi connectivity index (χ2n) is 5.17. The van der Waals surface area contributed by atoms with Crippen molar-refractivity contribution in [2.75, 3.05) is 18.0 Å². The standard InChI is InChI=1S/C15H21N5O4S/c1-4-6-10(21)23-9-25-14-12-13(17-8-16-12)18-15(19-14)20(3)24-11(22)7-5-2/h8H,4-7,9H2,1-3H3,(H,16,17,18,19). The third kappa shape index (κ3) is 5.31. The maximum atomic E-state index is 11.6. The zero-order valence-corrected chi connectivity index (χ0v) is 15.3. The van der Waals surface area contributed by atoms with E-state index in [4.69, 9.17) is 9.57 Å². The number of ether oxygens (including phenoxy) is 1. The first-order valence-electron chi connectivity index (χ1n) is 7.99. The molecule has 0 atom stereocenters. The van der Waals surface area contributed by atoms with E-state index in [1.165, 1.54) is 23.2 Å². The molecule has 0 aliphatic carbocycles. The van der Waals surface area contributed by atoms with Gasteiger partial charge in [-0.2, -0.15) is 10.0 Å². The van der Waals surface area contributed by atoms with Crippen molar-refractivity contribution in [2.45, 2.75) is 44.6 Å². The summed E-state index contributed by atoms with van der Waals surface area (Å²) in [5.74, 6) is -0.288. The molecule has 1 N–H and O–H groups in total. The Morgan fingerprint density at radius 2 is 1.92 bits per heavy atom. The predicted molar refractivity (Wildman–Crippen MR) is 92.8 cm³/mol. The van der Waals surface area contributed by atoms with E-state index in [1.807, 2.05) is 13.8 Å². The van der Waals surface area contributed by atoms with Crippen LogP contribution >= 0.6 is 11.8 Å². The highest BCUT2D eigenvalue weighted by atomic mass is 32.2. The number of esters is 1. The number of carbonyl (C=O) groups is 2. The van der Waals surface area contributed by atoms with Gasteiger partial charge in [-0.3, -0.25) is 4.79 Å². The molecule has 136 valence electrons. The number of hydrogen-bond acceptors (Lipinski definition) is 9. The van der Waals surface area contributed by atoms with Crippen molar-refractivity contribution in [3.8, 4) is 0 Å². The number of hydroxylamine groups is 1. The van der Waals surface area contributed by atoms with Crippen LogP contribution in [0.25, 0.3) is 11.2 Å². The third-order valence-electron chi connectivity index (χ3n) is 3.08. The molecule has 0 amide bonds. The Morgan fingerprint density at radius 1 is 1.20 bits per heavy atom. The Balaban J connectivity index is 2.12. The quantitative estimate of drug-likeness (QED) is 0.235. The lowest BCUT2D eigenvalue weighted by Gasteiger charge is -2.16. The Bertz CT molecular complexity index is 736. The van der Waals surface area contributed by atoms with Gasteiger partial charge in [-0.25, -0.2) is 14.8 Å². The fraction of sp³-hybridized carbons (Fsp3) is 0.533. The predicted octanol–water partition coefficient (Wildman–Crippen LogP) is 2.44. The Kier molecular flexibility index (Phi) is 6.99. The van der Waals surface area contributed by atoms with Crippen molar-refractivity contribution in [3.05, 3.63) is 6.33 Å². The van der Waals surface area contributed by atoms with Gasteiger partial charge in [0.15, 0.2) is 5.65 Å². The molecule has 0 fully saturated rings. The highest BCUT2D eigenvalue weighted by molar-refractivity contribution is 7.99. The molecular weight excluding hydrogens is 346 g/mol. The zero-order valence-electron chi connectivity index (χ0n) is 14.4. The van der Waals surface area contributed by atoms with Crippen LogP contribution in [0, 0.1) is 0 Å². The van der Waals surface area contributed by atoms with Gasteiger partial charge < -0.3 is 14.6 Å². The molecule has 0 spiro atoms. The molecule has 2 aromatic heterocycles. The minimum absolute atomic E-state index is 0.128. The highest BCUT2D eigenvalue weighted by Gasteiger charge is 2.16. The van der Waals surface area contributed by atoms with E-state index in [9.17, 15) is 9.59 Å². The van der Waals surface area contributed by atoms with E-state index in [1.54, 1.807) is 7.05 Å². The van der Waals surface area contributed by atoms with Crippen LogP contribution in [0.5, 0.6) is 0 Å². The number of imidazole rings is 1. The van der Waals surface area contributed by atoms with E-state index in [-0.39, 0.29) is 23.8 Å². The van der Waals surface area contributed by atoms with Gasteiger partial charge in [0.25, 0.3) is 5.95 Å². The number of fused-ring (bicyclic) bond motifs is 1. The minimum atomic E-state index is -0.363. The van der Waals surface area contributed by atoms with Crippen LogP contribution < -0.4 is 5.06 Å². The Hall–Kier alpha value is -2.36. The number of aromatic nitrogens is 4. The van der Waals surface area contributed by atoms with Crippen LogP contribution in [0.1, 0.15) is 39.5 Å². The third-order valence-corrected chi connectivity index (χ3v) is 3.89. The van der Waals surface area contributed by atoms with Crippen LogP contribution in [0.2, 0.25) is 0 Å². The average Bonchev–Trinajstić information content (AvgIpc) is 3.03. The van der Waals surface area contributed by atoms with Crippen molar-refractivity contribution >= 4 is 40.8 Å². The smallest absolute Gasteiger partial charge is 0.332 e. The van der Waals surface area contributed by atoms with Crippen molar-refractivity contribution < 1.29 is 19.2 Å². The molecule has 2 aromatic rings. The lowest BCUT2D eigenvalue weighted by molar-refractivity contribution is -0.145. The summed E-state index contributed by atoms with van der Waals surface area (Å²) in [4.78, 5) is 43.9.